The van der Waals surface area contributed by atoms with Crippen LogP contribution in [0.15, 0.2) is 41.2 Å². The van der Waals surface area contributed by atoms with E-state index in [9.17, 15) is 18.8 Å². The number of carbonyl (C=O) groups is 2. The third-order valence-corrected chi connectivity index (χ3v) is 8.35. The Kier molecular flexibility index (Phi) is 10.7. The van der Waals surface area contributed by atoms with Gasteiger partial charge in [0, 0.05) is 31.6 Å². The van der Waals surface area contributed by atoms with Crippen molar-refractivity contribution < 1.29 is 19.2 Å². The standard InChI is InChI=1S/C33H41FN6O4/c34-27-21-26-28(22-29(27)35-15-7-18-39-16-5-6-17-39)37-31-25(13-19-40(31)33(26)43)20-23-9-11-24(12-10-23)32(42)36-14-4-2-1-3-8-30(41)38-44/h9-12,20-22,35,44H,1-8,13-19H2,(H,36,42)(H,38,41). The number of nitrogens with zero attached hydrogens (tertiary/aromatic N) is 3. The molecule has 2 aromatic carbocycles. The number of halogens is 1. The van der Waals surface area contributed by atoms with Crippen LogP contribution in [-0.2, 0) is 11.3 Å². The molecule has 1 saturated heterocycles. The van der Waals surface area contributed by atoms with Crippen LogP contribution in [0.4, 0.5) is 10.1 Å². The molecular formula is C33H41FN6O4. The average molecular weight is 605 g/mol. The van der Waals surface area contributed by atoms with Crippen molar-refractivity contribution in [2.24, 2.45) is 0 Å². The minimum absolute atomic E-state index is 0.151. The lowest BCUT2D eigenvalue weighted by atomic mass is 10.1. The van der Waals surface area contributed by atoms with E-state index in [1.807, 2.05) is 18.2 Å². The van der Waals surface area contributed by atoms with E-state index in [1.165, 1.54) is 18.9 Å². The Morgan fingerprint density at radius 1 is 0.977 bits per heavy atom. The molecule has 4 N–H and O–H groups in total. The van der Waals surface area contributed by atoms with Gasteiger partial charge in [-0.05, 0) is 99.6 Å². The minimum atomic E-state index is -0.444. The Labute approximate surface area is 256 Å². The molecule has 0 atom stereocenters. The molecule has 10 nitrogen and oxygen atoms in total. The highest BCUT2D eigenvalue weighted by atomic mass is 19.1. The number of aromatic nitrogens is 2. The molecular weight excluding hydrogens is 563 g/mol. The lowest BCUT2D eigenvalue weighted by molar-refractivity contribution is -0.129. The van der Waals surface area contributed by atoms with Crippen LogP contribution in [0.1, 0.15) is 79.5 Å². The molecule has 0 radical (unpaired) electrons. The first-order valence-corrected chi connectivity index (χ1v) is 15.7. The number of anilines is 1. The van der Waals surface area contributed by atoms with Crippen molar-refractivity contribution in [3.8, 4) is 0 Å². The summed E-state index contributed by atoms with van der Waals surface area (Å²) in [6, 6.07) is 10.2. The van der Waals surface area contributed by atoms with Gasteiger partial charge in [-0.3, -0.25) is 24.2 Å². The number of rotatable bonds is 14. The molecule has 3 heterocycles. The molecule has 2 amide bonds. The molecule has 11 heteroatoms. The average Bonchev–Trinajstić information content (AvgIpc) is 3.70. The quantitative estimate of drug-likeness (QED) is 0.121. The molecule has 5 rings (SSSR count). The van der Waals surface area contributed by atoms with E-state index in [-0.39, 0.29) is 29.2 Å². The van der Waals surface area contributed by atoms with Crippen molar-refractivity contribution in [2.45, 2.75) is 64.3 Å². The zero-order valence-corrected chi connectivity index (χ0v) is 25.0. The summed E-state index contributed by atoms with van der Waals surface area (Å²) in [5.74, 6) is -0.388. The van der Waals surface area contributed by atoms with E-state index in [0.29, 0.717) is 55.1 Å². The van der Waals surface area contributed by atoms with Crippen LogP contribution in [0.25, 0.3) is 22.6 Å². The van der Waals surface area contributed by atoms with Crippen LogP contribution >= 0.6 is 0 Å². The SMILES string of the molecule is O=C(CCCCCCNC(=O)c1ccc(C=C2CCn3c2nc2cc(NCCCN4CCCC4)c(F)cc2c3=O)cc1)NO. The fourth-order valence-electron chi connectivity index (χ4n) is 5.90. The minimum Gasteiger partial charge on any atom is -0.383 e. The first-order chi connectivity index (χ1) is 21.4. The van der Waals surface area contributed by atoms with Crippen molar-refractivity contribution >= 4 is 40.1 Å². The fourth-order valence-corrected chi connectivity index (χ4v) is 5.90. The number of hydrogen-bond acceptors (Lipinski definition) is 7. The summed E-state index contributed by atoms with van der Waals surface area (Å²) in [4.78, 5) is 44.0. The van der Waals surface area contributed by atoms with Crippen molar-refractivity contribution in [3.63, 3.8) is 0 Å². The summed E-state index contributed by atoms with van der Waals surface area (Å²) in [5.41, 5.74) is 4.59. The topological polar surface area (TPSA) is 129 Å². The number of fused-ring (bicyclic) bond motifs is 2. The highest BCUT2D eigenvalue weighted by Gasteiger charge is 2.22. The molecule has 3 aromatic rings. The summed E-state index contributed by atoms with van der Waals surface area (Å²) in [6.07, 6.45) is 9.54. The van der Waals surface area contributed by atoms with Gasteiger partial charge in [-0.15, -0.1) is 0 Å². The van der Waals surface area contributed by atoms with Gasteiger partial charge in [0.2, 0.25) is 5.91 Å². The number of hydroxylamine groups is 1. The van der Waals surface area contributed by atoms with E-state index in [1.54, 1.807) is 28.2 Å². The van der Waals surface area contributed by atoms with Crippen LogP contribution in [0.3, 0.4) is 0 Å². The van der Waals surface area contributed by atoms with Gasteiger partial charge >= 0.3 is 0 Å². The number of nitrogens with one attached hydrogen (secondary N) is 3. The third-order valence-electron chi connectivity index (χ3n) is 8.35. The second-order valence-corrected chi connectivity index (χ2v) is 11.6. The molecule has 0 spiro atoms. The second kappa shape index (κ2) is 15.1. The Bertz CT molecular complexity index is 1560. The van der Waals surface area contributed by atoms with Crippen LogP contribution in [0.5, 0.6) is 0 Å². The maximum Gasteiger partial charge on any atom is 0.261 e. The smallest absolute Gasteiger partial charge is 0.261 e. The Morgan fingerprint density at radius 2 is 1.75 bits per heavy atom. The van der Waals surface area contributed by atoms with Crippen LogP contribution in [0.2, 0.25) is 0 Å². The predicted octanol–water partition coefficient (Wildman–Crippen LogP) is 4.56. The largest absolute Gasteiger partial charge is 0.383 e. The lowest BCUT2D eigenvalue weighted by Gasteiger charge is -2.15. The van der Waals surface area contributed by atoms with Gasteiger partial charge in [-0.25, -0.2) is 14.9 Å². The van der Waals surface area contributed by atoms with E-state index in [2.05, 4.69) is 15.5 Å². The molecule has 0 bridgehead atoms. The lowest BCUT2D eigenvalue weighted by Crippen LogP contribution is -2.24. The van der Waals surface area contributed by atoms with Crippen LogP contribution < -0.4 is 21.7 Å². The van der Waals surface area contributed by atoms with E-state index >= 15 is 0 Å². The zero-order chi connectivity index (χ0) is 30.9. The van der Waals surface area contributed by atoms with Gasteiger partial charge in [-0.2, -0.15) is 0 Å². The normalized spacial score (nSPS) is 15.5. The van der Waals surface area contributed by atoms with E-state index in [0.717, 1.165) is 56.5 Å². The molecule has 2 aliphatic rings. The number of carbonyl (C=O) groups excluding carboxylic acids is 2. The maximum atomic E-state index is 14.9. The van der Waals surface area contributed by atoms with Crippen molar-refractivity contribution in [1.29, 1.82) is 0 Å². The van der Waals surface area contributed by atoms with Crippen LogP contribution in [-0.4, -0.2) is 64.2 Å². The van der Waals surface area contributed by atoms with Gasteiger partial charge in [0.15, 0.2) is 0 Å². The maximum absolute atomic E-state index is 14.9. The second-order valence-electron chi connectivity index (χ2n) is 11.6. The molecule has 0 saturated carbocycles. The summed E-state index contributed by atoms with van der Waals surface area (Å²) in [5, 5.41) is 14.9. The first kappa shape index (κ1) is 31.3. The molecule has 0 unspecified atom stereocenters. The Balaban J connectivity index is 1.19. The monoisotopic (exact) mass is 604 g/mol. The van der Waals surface area contributed by atoms with Gasteiger partial charge in [0.1, 0.15) is 11.6 Å². The molecule has 44 heavy (non-hydrogen) atoms. The molecule has 1 fully saturated rings. The molecule has 1 aromatic heterocycles. The molecule has 0 aliphatic carbocycles. The number of amides is 2. The van der Waals surface area contributed by atoms with Gasteiger partial charge in [0.25, 0.3) is 11.5 Å². The fraction of sp³-hybridized carbons (Fsp3) is 0.455. The Hall–Kier alpha value is -4.09. The number of likely N-dealkylation sites (tertiary alicyclic amines) is 1. The molecule has 2 aliphatic heterocycles. The summed E-state index contributed by atoms with van der Waals surface area (Å²) in [7, 11) is 0. The highest BCUT2D eigenvalue weighted by molar-refractivity contribution is 5.94. The number of benzene rings is 2. The van der Waals surface area contributed by atoms with E-state index in [4.69, 9.17) is 10.2 Å². The number of unbranched alkanes of at least 4 members (excludes halogenated alkanes) is 3. The van der Waals surface area contributed by atoms with Gasteiger partial charge in [-0.1, -0.05) is 25.0 Å². The molecule has 234 valence electrons. The van der Waals surface area contributed by atoms with Crippen molar-refractivity contribution in [2.75, 3.05) is 38.0 Å². The zero-order valence-electron chi connectivity index (χ0n) is 25.0. The highest BCUT2D eigenvalue weighted by Crippen LogP contribution is 2.29. The van der Waals surface area contributed by atoms with Gasteiger partial charge in [0.05, 0.1) is 16.6 Å². The summed E-state index contributed by atoms with van der Waals surface area (Å²) >= 11 is 0. The summed E-state index contributed by atoms with van der Waals surface area (Å²) < 4.78 is 16.5. The Morgan fingerprint density at radius 3 is 2.52 bits per heavy atom. The first-order valence-electron chi connectivity index (χ1n) is 15.7. The summed E-state index contributed by atoms with van der Waals surface area (Å²) in [6.45, 7) is 4.94. The van der Waals surface area contributed by atoms with Crippen LogP contribution in [0, 0.1) is 5.82 Å². The number of allylic oxidation sites excluding steroid dienone is 1. The van der Waals surface area contributed by atoms with Gasteiger partial charge < -0.3 is 15.5 Å². The predicted molar refractivity (Wildman–Crippen MR) is 169 cm³/mol. The third kappa shape index (κ3) is 7.89. The van der Waals surface area contributed by atoms with Crippen molar-refractivity contribution in [1.82, 2.24) is 25.2 Å². The van der Waals surface area contributed by atoms with Crippen molar-refractivity contribution in [3.05, 3.63) is 69.5 Å². The number of hydrogen-bond donors (Lipinski definition) is 4. The van der Waals surface area contributed by atoms with E-state index < -0.39 is 5.82 Å².